The predicted octanol–water partition coefficient (Wildman–Crippen LogP) is 5.14. The van der Waals surface area contributed by atoms with Crippen LogP contribution in [0.15, 0.2) is 59.5 Å². The van der Waals surface area contributed by atoms with E-state index in [0.29, 0.717) is 33.7 Å². The van der Waals surface area contributed by atoms with E-state index in [1.165, 1.54) is 6.07 Å². The normalized spacial score (nSPS) is 11.4. The smallest absolute Gasteiger partial charge is 0.262 e. The Morgan fingerprint density at radius 1 is 0.909 bits per heavy atom. The summed E-state index contributed by atoms with van der Waals surface area (Å²) in [5.74, 6) is 1.39. The molecule has 170 valence electrons. The molecule has 33 heavy (non-hydrogen) atoms. The predicted molar refractivity (Wildman–Crippen MR) is 127 cm³/mol. The van der Waals surface area contributed by atoms with E-state index in [0.717, 1.165) is 17.0 Å². The van der Waals surface area contributed by atoms with Gasteiger partial charge in [0.1, 0.15) is 5.75 Å². The molecule has 10 heteroatoms. The molecule has 0 unspecified atom stereocenters. The Labute approximate surface area is 197 Å². The number of aromatic nitrogens is 4. The van der Waals surface area contributed by atoms with Crippen LogP contribution in [0.2, 0.25) is 5.02 Å². The van der Waals surface area contributed by atoms with Crippen molar-refractivity contribution in [1.82, 2.24) is 20.0 Å². The SMILES string of the molecule is Cc1nn(-c2ccc(Oc3ccc(NS(=O)(=O)c4cccc(Cl)c4C)cc3)nn2)c(C)c1C. The molecule has 2 aromatic carbocycles. The molecular formula is C23H22ClN5O3S. The van der Waals surface area contributed by atoms with Crippen molar-refractivity contribution in [3.05, 3.63) is 82.1 Å². The number of rotatable bonds is 6. The Hall–Kier alpha value is -3.43. The summed E-state index contributed by atoms with van der Waals surface area (Å²) >= 11 is 6.06. The van der Waals surface area contributed by atoms with E-state index in [-0.39, 0.29) is 4.90 Å². The molecule has 0 radical (unpaired) electrons. The molecule has 0 aliphatic rings. The fourth-order valence-electron chi connectivity index (χ4n) is 3.22. The highest BCUT2D eigenvalue weighted by molar-refractivity contribution is 7.92. The van der Waals surface area contributed by atoms with Crippen molar-refractivity contribution in [2.75, 3.05) is 4.72 Å². The van der Waals surface area contributed by atoms with Crippen LogP contribution < -0.4 is 9.46 Å². The lowest BCUT2D eigenvalue weighted by Crippen LogP contribution is -2.14. The van der Waals surface area contributed by atoms with Gasteiger partial charge in [-0.2, -0.15) is 5.10 Å². The molecule has 1 N–H and O–H groups in total. The number of nitrogens with one attached hydrogen (secondary N) is 1. The lowest BCUT2D eigenvalue weighted by atomic mass is 10.2. The van der Waals surface area contributed by atoms with Crippen LogP contribution in [0.1, 0.15) is 22.5 Å². The molecule has 0 bridgehead atoms. The number of benzene rings is 2. The fraction of sp³-hybridized carbons (Fsp3) is 0.174. The summed E-state index contributed by atoms with van der Waals surface area (Å²) in [4.78, 5) is 0.128. The van der Waals surface area contributed by atoms with E-state index >= 15 is 0 Å². The van der Waals surface area contributed by atoms with Gasteiger partial charge < -0.3 is 4.74 Å². The highest BCUT2D eigenvalue weighted by atomic mass is 35.5. The van der Waals surface area contributed by atoms with E-state index in [2.05, 4.69) is 20.0 Å². The summed E-state index contributed by atoms with van der Waals surface area (Å²) in [5.41, 5.74) is 3.93. The quantitative estimate of drug-likeness (QED) is 0.407. The summed E-state index contributed by atoms with van der Waals surface area (Å²) in [5, 5.41) is 13.2. The van der Waals surface area contributed by atoms with Crippen LogP contribution in [0.25, 0.3) is 5.82 Å². The number of hydrogen-bond donors (Lipinski definition) is 1. The lowest BCUT2D eigenvalue weighted by Gasteiger charge is -2.12. The van der Waals surface area contributed by atoms with Crippen molar-refractivity contribution in [1.29, 1.82) is 0 Å². The third kappa shape index (κ3) is 4.69. The first-order valence-electron chi connectivity index (χ1n) is 10.1. The van der Waals surface area contributed by atoms with Gasteiger partial charge in [0.05, 0.1) is 10.6 Å². The zero-order valence-corrected chi connectivity index (χ0v) is 20.1. The van der Waals surface area contributed by atoms with Gasteiger partial charge >= 0.3 is 0 Å². The summed E-state index contributed by atoms with van der Waals surface area (Å²) < 4.78 is 35.5. The lowest BCUT2D eigenvalue weighted by molar-refractivity contribution is 0.454. The Morgan fingerprint density at radius 3 is 2.24 bits per heavy atom. The number of hydrogen-bond acceptors (Lipinski definition) is 6. The number of sulfonamides is 1. The van der Waals surface area contributed by atoms with Gasteiger partial charge in [-0.05, 0) is 81.3 Å². The largest absolute Gasteiger partial charge is 0.438 e. The molecule has 0 aliphatic heterocycles. The van der Waals surface area contributed by atoms with Crippen LogP contribution in [0.3, 0.4) is 0 Å². The highest BCUT2D eigenvalue weighted by Crippen LogP contribution is 2.26. The van der Waals surface area contributed by atoms with Crippen LogP contribution in [-0.4, -0.2) is 28.4 Å². The molecule has 4 rings (SSSR count). The first-order valence-corrected chi connectivity index (χ1v) is 11.9. The number of nitrogens with zero attached hydrogens (tertiary/aromatic N) is 4. The number of ether oxygens (including phenoxy) is 1. The second-order valence-corrected chi connectivity index (χ2v) is 9.59. The second-order valence-electron chi connectivity index (χ2n) is 7.53. The molecule has 0 saturated heterocycles. The molecule has 8 nitrogen and oxygen atoms in total. The third-order valence-corrected chi connectivity index (χ3v) is 7.27. The third-order valence-electron chi connectivity index (χ3n) is 5.33. The van der Waals surface area contributed by atoms with Crippen molar-refractivity contribution in [3.8, 4) is 17.4 Å². The Kier molecular flexibility index (Phi) is 6.09. The topological polar surface area (TPSA) is 99.0 Å². The van der Waals surface area contributed by atoms with E-state index < -0.39 is 10.0 Å². The van der Waals surface area contributed by atoms with Gasteiger partial charge in [-0.15, -0.1) is 10.2 Å². The molecule has 2 heterocycles. The van der Waals surface area contributed by atoms with Gasteiger partial charge in [0.15, 0.2) is 5.82 Å². The van der Waals surface area contributed by atoms with Crippen molar-refractivity contribution in [2.24, 2.45) is 0 Å². The van der Waals surface area contributed by atoms with Gasteiger partial charge in [-0.1, -0.05) is 17.7 Å². The van der Waals surface area contributed by atoms with Crippen LogP contribution in [0, 0.1) is 27.7 Å². The molecule has 2 aromatic heterocycles. The van der Waals surface area contributed by atoms with Gasteiger partial charge in [0, 0.05) is 22.5 Å². The highest BCUT2D eigenvalue weighted by Gasteiger charge is 2.18. The number of halogens is 1. The monoisotopic (exact) mass is 483 g/mol. The molecular weight excluding hydrogens is 462 g/mol. The molecule has 0 saturated carbocycles. The minimum absolute atomic E-state index is 0.128. The average Bonchev–Trinajstić information content (AvgIpc) is 3.04. The van der Waals surface area contributed by atoms with Crippen molar-refractivity contribution in [2.45, 2.75) is 32.6 Å². The minimum Gasteiger partial charge on any atom is -0.438 e. The molecule has 0 fully saturated rings. The minimum atomic E-state index is -3.78. The van der Waals surface area contributed by atoms with E-state index in [1.54, 1.807) is 60.1 Å². The maximum atomic E-state index is 12.7. The van der Waals surface area contributed by atoms with Crippen LogP contribution >= 0.6 is 11.6 Å². The van der Waals surface area contributed by atoms with Crippen molar-refractivity contribution >= 4 is 27.3 Å². The van der Waals surface area contributed by atoms with E-state index in [4.69, 9.17) is 16.3 Å². The Balaban J connectivity index is 1.46. The fourth-order valence-corrected chi connectivity index (χ4v) is 4.78. The van der Waals surface area contributed by atoms with E-state index in [9.17, 15) is 8.42 Å². The number of aryl methyl sites for hydroxylation is 1. The molecule has 0 atom stereocenters. The van der Waals surface area contributed by atoms with Gasteiger partial charge in [-0.3, -0.25) is 4.72 Å². The maximum absolute atomic E-state index is 12.7. The van der Waals surface area contributed by atoms with Crippen LogP contribution in [-0.2, 0) is 10.0 Å². The zero-order valence-electron chi connectivity index (χ0n) is 18.5. The first kappa shape index (κ1) is 22.8. The van der Waals surface area contributed by atoms with Gasteiger partial charge in [-0.25, -0.2) is 13.1 Å². The maximum Gasteiger partial charge on any atom is 0.262 e. The van der Waals surface area contributed by atoms with Crippen LogP contribution in [0.5, 0.6) is 11.6 Å². The Bertz CT molecular complexity index is 1420. The summed E-state index contributed by atoms with van der Waals surface area (Å²) in [6, 6.07) is 14.7. The first-order chi connectivity index (χ1) is 15.7. The standard InChI is InChI=1S/C23H22ClN5O3S/c1-14-16(3)27-29(17(14)4)22-12-13-23(26-25-22)32-19-10-8-18(9-11-19)28-33(30,31)21-7-5-6-20(24)15(21)2/h5-13,28H,1-4H3. The van der Waals surface area contributed by atoms with Gasteiger partial charge in [0.2, 0.25) is 5.88 Å². The molecule has 0 spiro atoms. The molecule has 0 aliphatic carbocycles. The van der Waals surface area contributed by atoms with E-state index in [1.807, 2.05) is 20.8 Å². The second kappa shape index (κ2) is 8.84. The molecule has 4 aromatic rings. The summed E-state index contributed by atoms with van der Waals surface area (Å²) in [6.07, 6.45) is 0. The average molecular weight is 484 g/mol. The summed E-state index contributed by atoms with van der Waals surface area (Å²) in [6.45, 7) is 7.60. The van der Waals surface area contributed by atoms with Gasteiger partial charge in [0.25, 0.3) is 10.0 Å². The zero-order chi connectivity index (χ0) is 23.8. The number of anilines is 1. The summed E-state index contributed by atoms with van der Waals surface area (Å²) in [7, 11) is -3.78. The Morgan fingerprint density at radius 2 is 1.64 bits per heavy atom. The van der Waals surface area contributed by atoms with Crippen molar-refractivity contribution < 1.29 is 13.2 Å². The molecule has 0 amide bonds. The van der Waals surface area contributed by atoms with Crippen LogP contribution in [0.4, 0.5) is 5.69 Å². The van der Waals surface area contributed by atoms with Crippen molar-refractivity contribution in [3.63, 3.8) is 0 Å².